The summed E-state index contributed by atoms with van der Waals surface area (Å²) in [5, 5.41) is 3.84. The molecule has 2 rings (SSSR count). The fourth-order valence-corrected chi connectivity index (χ4v) is 4.01. The Morgan fingerprint density at radius 1 is 0.649 bits per heavy atom. The van der Waals surface area contributed by atoms with Crippen molar-refractivity contribution in [1.29, 1.82) is 0 Å². The first-order chi connectivity index (χ1) is 16.9. The molecule has 0 radical (unpaired) electrons. The van der Waals surface area contributed by atoms with Gasteiger partial charge >= 0.3 is 12.4 Å². The van der Waals surface area contributed by atoms with Crippen molar-refractivity contribution in [3.05, 3.63) is 75.7 Å². The Bertz CT molecular complexity index is 1080. The number of nitrogens with zero attached hydrogens (tertiary/aromatic N) is 2. The maximum atomic E-state index is 14.2. The van der Waals surface area contributed by atoms with Gasteiger partial charge in [0.05, 0.1) is 5.69 Å². The van der Waals surface area contributed by atoms with Crippen LogP contribution in [0.3, 0.4) is 0 Å². The monoisotopic (exact) mass is 525 g/mol. The van der Waals surface area contributed by atoms with E-state index in [0.717, 1.165) is 0 Å². The van der Waals surface area contributed by atoms with Gasteiger partial charge in [0.2, 0.25) is 0 Å². The Kier molecular flexibility index (Phi) is 9.66. The predicted octanol–water partition coefficient (Wildman–Crippen LogP) is 11.0. The minimum Gasteiger partial charge on any atom is -0.654 e. The lowest BCUT2D eigenvalue weighted by Gasteiger charge is -2.35. The van der Waals surface area contributed by atoms with Crippen LogP contribution in [0.15, 0.2) is 53.2 Å². The van der Waals surface area contributed by atoms with Crippen molar-refractivity contribution in [2.45, 2.75) is 91.4 Å². The molecular weight excluding hydrogens is 490 g/mol. The first-order valence-electron chi connectivity index (χ1n) is 12.4. The highest BCUT2D eigenvalue weighted by Gasteiger charge is 2.37. The molecule has 0 heterocycles. The van der Waals surface area contributed by atoms with Gasteiger partial charge < -0.3 is 5.32 Å². The van der Waals surface area contributed by atoms with E-state index in [1.807, 2.05) is 0 Å². The smallest absolute Gasteiger partial charge is 0.433 e. The average Bonchev–Trinajstić information content (AvgIpc) is 2.75. The molecule has 204 valence electrons. The molecule has 0 atom stereocenters. The predicted molar refractivity (Wildman–Crippen MR) is 140 cm³/mol. The average molecular weight is 526 g/mol. The third-order valence-corrected chi connectivity index (χ3v) is 6.00. The van der Waals surface area contributed by atoms with E-state index in [9.17, 15) is 26.3 Å². The highest BCUT2D eigenvalue weighted by atomic mass is 19.4. The first kappa shape index (κ1) is 30.5. The molecule has 0 aliphatic carbocycles. The number of halogens is 6. The Hall–Kier alpha value is -2.77. The van der Waals surface area contributed by atoms with Gasteiger partial charge in [-0.15, -0.1) is 5.69 Å². The van der Waals surface area contributed by atoms with E-state index in [4.69, 9.17) is 0 Å². The lowest BCUT2D eigenvalue weighted by Crippen LogP contribution is -2.23. The van der Waals surface area contributed by atoms with Crippen LogP contribution in [0.4, 0.5) is 37.7 Å². The quantitative estimate of drug-likeness (QED) is 0.242. The fraction of sp³-hybridized carbons (Fsp3) is 0.483. The van der Waals surface area contributed by atoms with E-state index in [0.29, 0.717) is 22.3 Å². The molecule has 0 aliphatic rings. The maximum absolute atomic E-state index is 14.2. The summed E-state index contributed by atoms with van der Waals surface area (Å²) in [6.45, 7) is 14.4. The fourth-order valence-electron chi connectivity index (χ4n) is 4.01. The van der Waals surface area contributed by atoms with Crippen LogP contribution < -0.4 is 0 Å². The van der Waals surface area contributed by atoms with E-state index < -0.39 is 23.8 Å². The number of aliphatic imine (C=N–C) groups is 1. The third-order valence-electron chi connectivity index (χ3n) is 6.00. The summed E-state index contributed by atoms with van der Waals surface area (Å²) in [4.78, 5) is 3.84. The van der Waals surface area contributed by atoms with Gasteiger partial charge in [-0.25, -0.2) is 4.99 Å². The van der Waals surface area contributed by atoms with Crippen molar-refractivity contribution in [2.75, 3.05) is 0 Å². The Morgan fingerprint density at radius 2 is 1.03 bits per heavy atom. The standard InChI is InChI=1S/C29H35F6N2/c1-16(2)20-11-9-12-21(17(3)4)26(20)36-24(28(30,31)32)15-25(29(33,34)35)37-27-22(18(5)6)13-10-14-23(27)19(7)8/h9-19H,1-8H3/q-1/b24-15-,37-25?. The molecule has 0 saturated heterocycles. The number of allylic oxidation sites excluding steroid dienone is 2. The number of para-hydroxylation sites is 2. The SMILES string of the molecule is CC(C)c1cccc(C(C)C)c1N=C(/C=C(\[N-]c1c(C(C)C)cccc1C(C)C)C(F)(F)F)C(F)(F)F. The molecule has 2 aromatic rings. The topological polar surface area (TPSA) is 26.5 Å². The zero-order valence-corrected chi connectivity index (χ0v) is 22.5. The van der Waals surface area contributed by atoms with E-state index >= 15 is 0 Å². The molecule has 2 nitrogen and oxygen atoms in total. The van der Waals surface area contributed by atoms with Crippen LogP contribution in [-0.4, -0.2) is 18.1 Å². The molecule has 37 heavy (non-hydrogen) atoms. The minimum atomic E-state index is -5.14. The molecular formula is C29H35F6N2-. The second kappa shape index (κ2) is 11.7. The second-order valence-corrected chi connectivity index (χ2v) is 10.3. The minimum absolute atomic E-state index is 0.0302. The Labute approximate surface area is 215 Å². The van der Waals surface area contributed by atoms with Crippen LogP contribution in [0.5, 0.6) is 0 Å². The number of alkyl halides is 6. The van der Waals surface area contributed by atoms with Crippen molar-refractivity contribution in [3.8, 4) is 0 Å². The summed E-state index contributed by atoms with van der Waals surface area (Å²) in [5.74, 6) is -0.744. The third kappa shape index (κ3) is 7.62. The molecule has 0 aliphatic heterocycles. The zero-order valence-electron chi connectivity index (χ0n) is 22.5. The van der Waals surface area contributed by atoms with Gasteiger partial charge in [0, 0.05) is 0 Å². The van der Waals surface area contributed by atoms with Gasteiger partial charge in [-0.3, -0.25) is 0 Å². The Morgan fingerprint density at radius 3 is 1.35 bits per heavy atom. The number of benzene rings is 2. The molecule has 8 heteroatoms. The first-order valence-corrected chi connectivity index (χ1v) is 12.4. The van der Waals surface area contributed by atoms with Crippen molar-refractivity contribution >= 4 is 17.1 Å². The van der Waals surface area contributed by atoms with Gasteiger partial charge in [-0.05, 0) is 40.9 Å². The Balaban J connectivity index is 2.86. The molecule has 2 aromatic carbocycles. The van der Waals surface area contributed by atoms with Crippen molar-refractivity contribution in [2.24, 2.45) is 4.99 Å². The molecule has 0 saturated carbocycles. The number of hydrogen-bond donors (Lipinski definition) is 0. The van der Waals surface area contributed by atoms with Crippen LogP contribution in [-0.2, 0) is 0 Å². The molecule has 0 bridgehead atoms. The molecule has 0 N–H and O–H groups in total. The normalized spacial score (nSPS) is 13.9. The van der Waals surface area contributed by atoms with E-state index in [1.54, 1.807) is 91.8 Å². The van der Waals surface area contributed by atoms with Crippen LogP contribution in [0.25, 0.3) is 5.32 Å². The van der Waals surface area contributed by atoms with Gasteiger partial charge in [-0.1, -0.05) is 109 Å². The van der Waals surface area contributed by atoms with E-state index in [1.165, 1.54) is 0 Å². The summed E-state index contributed by atoms with van der Waals surface area (Å²) in [6, 6.07) is 10.0. The van der Waals surface area contributed by atoms with Crippen molar-refractivity contribution in [3.63, 3.8) is 0 Å². The van der Waals surface area contributed by atoms with Gasteiger partial charge in [0.25, 0.3) is 0 Å². The summed E-state index contributed by atoms with van der Waals surface area (Å²) in [7, 11) is 0. The molecule has 0 unspecified atom stereocenters. The van der Waals surface area contributed by atoms with Gasteiger partial charge in [-0.2, -0.15) is 26.3 Å². The largest absolute Gasteiger partial charge is 0.654 e. The summed E-state index contributed by atoms with van der Waals surface area (Å²) < 4.78 is 85.1. The summed E-state index contributed by atoms with van der Waals surface area (Å²) in [6.07, 6.45) is -10.2. The van der Waals surface area contributed by atoms with E-state index in [-0.39, 0.29) is 41.1 Å². The lowest BCUT2D eigenvalue weighted by atomic mass is 9.92. The maximum Gasteiger partial charge on any atom is 0.433 e. The number of rotatable bonds is 8. The second-order valence-electron chi connectivity index (χ2n) is 10.3. The van der Waals surface area contributed by atoms with Crippen molar-refractivity contribution < 1.29 is 26.3 Å². The molecule has 0 amide bonds. The molecule has 0 spiro atoms. The van der Waals surface area contributed by atoms with Crippen molar-refractivity contribution in [1.82, 2.24) is 0 Å². The summed E-state index contributed by atoms with van der Waals surface area (Å²) in [5.41, 5.74) is -1.10. The van der Waals surface area contributed by atoms with E-state index in [2.05, 4.69) is 10.3 Å². The van der Waals surface area contributed by atoms with Gasteiger partial charge in [0.1, 0.15) is 5.71 Å². The van der Waals surface area contributed by atoms with Crippen LogP contribution in [0, 0.1) is 0 Å². The number of hydrogen-bond acceptors (Lipinski definition) is 1. The molecule has 0 aromatic heterocycles. The zero-order chi connectivity index (χ0) is 28.3. The summed E-state index contributed by atoms with van der Waals surface area (Å²) >= 11 is 0. The van der Waals surface area contributed by atoms with Crippen LogP contribution >= 0.6 is 0 Å². The van der Waals surface area contributed by atoms with Gasteiger partial charge in [0.15, 0.2) is 0 Å². The highest BCUT2D eigenvalue weighted by molar-refractivity contribution is 6.02. The van der Waals surface area contributed by atoms with Crippen LogP contribution in [0.1, 0.15) is 101 Å². The molecule has 0 fully saturated rings. The highest BCUT2D eigenvalue weighted by Crippen LogP contribution is 2.44. The van der Waals surface area contributed by atoms with Crippen LogP contribution in [0.2, 0.25) is 0 Å². The lowest BCUT2D eigenvalue weighted by molar-refractivity contribution is -0.0892.